The summed E-state index contributed by atoms with van der Waals surface area (Å²) in [6.45, 7) is 14.1. The summed E-state index contributed by atoms with van der Waals surface area (Å²) in [5.41, 5.74) is 6.12. The van der Waals surface area contributed by atoms with E-state index in [2.05, 4.69) is 43.5 Å². The second kappa shape index (κ2) is 15.4. The fraction of sp³-hybridized carbons (Fsp3) is 0.462. The van der Waals surface area contributed by atoms with Crippen LogP contribution in [0, 0.1) is 25.7 Å². The summed E-state index contributed by atoms with van der Waals surface area (Å²) in [5, 5.41) is 0. The van der Waals surface area contributed by atoms with Gasteiger partial charge in [-0.15, -0.1) is 0 Å². The number of fused-ring (bicyclic) bond motifs is 4. The molecular weight excluding hydrogens is 665 g/mol. The molecule has 1 amide bonds. The van der Waals surface area contributed by atoms with Gasteiger partial charge in [-0.1, -0.05) is 52.0 Å². The zero-order valence-electron chi connectivity index (χ0n) is 30.3. The molecule has 4 bridgehead atoms. The van der Waals surface area contributed by atoms with Crippen LogP contribution in [0.1, 0.15) is 91.3 Å². The van der Waals surface area contributed by atoms with Crippen molar-refractivity contribution in [1.29, 1.82) is 0 Å². The molecule has 4 aromatic rings. The van der Waals surface area contributed by atoms with E-state index >= 15 is 0 Å². The second-order valence-corrected chi connectivity index (χ2v) is 16.2. The zero-order chi connectivity index (χ0) is 36.3. The fourth-order valence-electron chi connectivity index (χ4n) is 6.94. The first-order valence-corrected chi connectivity index (χ1v) is 19.3. The minimum Gasteiger partial charge on any atom is -0.475 e. The van der Waals surface area contributed by atoms with E-state index in [1.165, 1.54) is 12.1 Å². The van der Waals surface area contributed by atoms with E-state index in [-0.39, 0.29) is 47.3 Å². The highest BCUT2D eigenvalue weighted by atomic mass is 32.2. The number of aromatic nitrogens is 4. The van der Waals surface area contributed by atoms with Crippen molar-refractivity contribution in [1.82, 2.24) is 24.8 Å². The number of nitrogens with zero attached hydrogens (tertiary/aromatic N) is 5. The number of rotatable bonds is 8. The molecule has 6 rings (SSSR count). The summed E-state index contributed by atoms with van der Waals surface area (Å²) in [7, 11) is -4.19. The summed E-state index contributed by atoms with van der Waals surface area (Å²) in [4.78, 5) is 35.0. The molecular formula is C39H48N6O5S. The quantitative estimate of drug-likeness (QED) is 0.207. The minimum absolute atomic E-state index is 0.0712. The topological polar surface area (TPSA) is 136 Å². The first-order chi connectivity index (χ1) is 24.4. The molecule has 4 heterocycles. The van der Waals surface area contributed by atoms with Crippen LogP contribution in [0.15, 0.2) is 59.8 Å². The van der Waals surface area contributed by atoms with Crippen molar-refractivity contribution in [2.24, 2.45) is 11.8 Å². The number of hydrogen-bond donors (Lipinski definition) is 1. The average molecular weight is 713 g/mol. The molecule has 1 N–H and O–H groups in total. The van der Waals surface area contributed by atoms with Crippen LogP contribution in [0.4, 0.5) is 5.95 Å². The summed E-state index contributed by atoms with van der Waals surface area (Å²) in [6.07, 6.45) is 6.77. The van der Waals surface area contributed by atoms with Crippen molar-refractivity contribution in [2.45, 2.75) is 90.6 Å². The van der Waals surface area contributed by atoms with E-state index in [9.17, 15) is 13.2 Å². The van der Waals surface area contributed by atoms with Crippen molar-refractivity contribution in [3.8, 4) is 17.1 Å². The van der Waals surface area contributed by atoms with Crippen LogP contribution in [0.2, 0.25) is 0 Å². The smallest absolute Gasteiger partial charge is 0.264 e. The number of ether oxygens (including phenoxy) is 2. The molecule has 1 fully saturated rings. The number of anilines is 1. The third-order valence-corrected chi connectivity index (χ3v) is 10.8. The van der Waals surface area contributed by atoms with Crippen molar-refractivity contribution < 1.29 is 22.7 Å². The Morgan fingerprint density at radius 1 is 0.961 bits per heavy atom. The first-order valence-electron chi connectivity index (χ1n) is 17.8. The maximum atomic E-state index is 14.5. The third-order valence-electron chi connectivity index (χ3n) is 9.50. The number of benzene rings is 2. The van der Waals surface area contributed by atoms with Gasteiger partial charge in [-0.2, -0.15) is 4.98 Å². The number of nitrogens with one attached hydrogen (secondary N) is 1. The predicted molar refractivity (Wildman–Crippen MR) is 196 cm³/mol. The van der Waals surface area contributed by atoms with Gasteiger partial charge in [0.15, 0.2) is 0 Å². The molecule has 2 aromatic carbocycles. The molecule has 12 heteroatoms. The molecule has 2 aliphatic heterocycles. The van der Waals surface area contributed by atoms with Gasteiger partial charge in [-0.3, -0.25) is 14.8 Å². The molecule has 270 valence electrons. The van der Waals surface area contributed by atoms with Gasteiger partial charge >= 0.3 is 0 Å². The molecule has 0 radical (unpaired) electrons. The number of hydrogen-bond acceptors (Lipinski definition) is 9. The molecule has 1 atom stereocenters. The maximum Gasteiger partial charge on any atom is 0.264 e. The Balaban J connectivity index is 1.45. The van der Waals surface area contributed by atoms with Gasteiger partial charge in [0.05, 0.1) is 40.8 Å². The standard InChI is InChI=1S/C39H48N6O5S/c1-24(2)17-29-10-7-9-26(5)35(29)36-27(6)37-43-39(42-36)44-51(47,48)33-12-8-11-30(19-33)38(46)45(32(23-50-37)18-25(3)4)22-31-20-41-34(21-40-31)28-13-15-49-16-14-28/h7-12,19-21,24-25,28,32H,13-18,22-23H2,1-6H3,(H,42,43,44)/t32-/m1/s1. The Morgan fingerprint density at radius 3 is 2.43 bits per heavy atom. The molecule has 2 aliphatic rings. The largest absolute Gasteiger partial charge is 0.475 e. The average Bonchev–Trinajstić information content (AvgIpc) is 3.10. The molecule has 2 aromatic heterocycles. The third kappa shape index (κ3) is 8.39. The van der Waals surface area contributed by atoms with Crippen LogP contribution in [-0.4, -0.2) is 65.0 Å². The van der Waals surface area contributed by atoms with Crippen molar-refractivity contribution in [3.05, 3.63) is 88.5 Å². The highest BCUT2D eigenvalue weighted by Crippen LogP contribution is 2.35. The summed E-state index contributed by atoms with van der Waals surface area (Å²) >= 11 is 0. The van der Waals surface area contributed by atoms with Gasteiger partial charge in [0.2, 0.25) is 11.8 Å². The van der Waals surface area contributed by atoms with Gasteiger partial charge in [0.1, 0.15) is 6.61 Å². The number of sulfonamides is 1. The van der Waals surface area contributed by atoms with Gasteiger partial charge < -0.3 is 14.4 Å². The van der Waals surface area contributed by atoms with Crippen molar-refractivity contribution in [2.75, 3.05) is 24.5 Å². The Bertz CT molecular complexity index is 1980. The van der Waals surface area contributed by atoms with Crippen LogP contribution in [-0.2, 0) is 27.7 Å². The van der Waals surface area contributed by atoms with E-state index < -0.39 is 16.1 Å². The summed E-state index contributed by atoms with van der Waals surface area (Å²) in [6, 6.07) is 11.8. The van der Waals surface area contributed by atoms with E-state index in [1.807, 2.05) is 26.0 Å². The maximum absolute atomic E-state index is 14.5. The lowest BCUT2D eigenvalue weighted by atomic mass is 9.91. The lowest BCUT2D eigenvalue weighted by Crippen LogP contribution is -2.44. The zero-order valence-corrected chi connectivity index (χ0v) is 31.2. The van der Waals surface area contributed by atoms with Crippen LogP contribution >= 0.6 is 0 Å². The number of carbonyl (C=O) groups is 1. The van der Waals surface area contributed by atoms with Crippen molar-refractivity contribution >= 4 is 21.9 Å². The van der Waals surface area contributed by atoms with Gasteiger partial charge in [0, 0.05) is 42.0 Å². The SMILES string of the molecule is Cc1cccc(CC(C)C)c1-c1nc2nc(c1C)OC[C@@H](CC(C)C)N(Cc1cnc(C3CCOCC3)cn1)C(=O)c1cccc(c1)S(=O)(=O)N2. The first kappa shape index (κ1) is 36.4. The highest BCUT2D eigenvalue weighted by Gasteiger charge is 2.31. The Labute approximate surface area is 301 Å². The predicted octanol–water partition coefficient (Wildman–Crippen LogP) is 6.89. The van der Waals surface area contributed by atoms with E-state index in [4.69, 9.17) is 24.4 Å². The summed E-state index contributed by atoms with van der Waals surface area (Å²) < 4.78 is 42.4. The Hall–Kier alpha value is -4.42. The number of amides is 1. The minimum atomic E-state index is -4.19. The molecule has 0 aliphatic carbocycles. The van der Waals surface area contributed by atoms with E-state index in [1.54, 1.807) is 29.4 Å². The number of aryl methyl sites for hydroxylation is 1. The van der Waals surface area contributed by atoms with Crippen LogP contribution < -0.4 is 9.46 Å². The highest BCUT2D eigenvalue weighted by molar-refractivity contribution is 7.92. The van der Waals surface area contributed by atoms with Gasteiger partial charge in [-0.25, -0.2) is 18.1 Å². The van der Waals surface area contributed by atoms with Gasteiger partial charge in [-0.05, 0) is 80.7 Å². The van der Waals surface area contributed by atoms with E-state index in [0.29, 0.717) is 48.4 Å². The Morgan fingerprint density at radius 2 is 1.73 bits per heavy atom. The van der Waals surface area contributed by atoms with E-state index in [0.717, 1.165) is 41.6 Å². The second-order valence-electron chi connectivity index (χ2n) is 14.5. The van der Waals surface area contributed by atoms with Crippen molar-refractivity contribution in [3.63, 3.8) is 0 Å². The lowest BCUT2D eigenvalue weighted by molar-refractivity contribution is 0.0548. The monoisotopic (exact) mass is 712 g/mol. The normalized spacial score (nSPS) is 18.1. The number of carbonyl (C=O) groups excluding carboxylic acids is 1. The molecule has 11 nitrogen and oxygen atoms in total. The van der Waals surface area contributed by atoms with Crippen LogP contribution in [0.25, 0.3) is 11.3 Å². The van der Waals surface area contributed by atoms with Crippen LogP contribution in [0.5, 0.6) is 5.88 Å². The summed E-state index contributed by atoms with van der Waals surface area (Å²) in [5.74, 6) is 0.715. The van der Waals surface area contributed by atoms with Crippen LogP contribution in [0.3, 0.4) is 0 Å². The van der Waals surface area contributed by atoms with Gasteiger partial charge in [0.25, 0.3) is 15.9 Å². The molecule has 51 heavy (non-hydrogen) atoms. The fourth-order valence-corrected chi connectivity index (χ4v) is 7.93. The Kier molecular flexibility index (Phi) is 11.0. The molecule has 0 unspecified atom stereocenters. The molecule has 1 saturated heterocycles. The lowest BCUT2D eigenvalue weighted by Gasteiger charge is -2.33. The molecule has 0 spiro atoms. The molecule has 0 saturated carbocycles.